The second-order valence-electron chi connectivity index (χ2n) is 6.26. The zero-order valence-corrected chi connectivity index (χ0v) is 16.1. The van der Waals surface area contributed by atoms with Crippen LogP contribution in [0.4, 0.5) is 5.69 Å². The standard InChI is InChI=1S/C20H13Cl2N3O3/c1-25-15-5-3-2-4-12(15)18(26)16(20(25)28)17-13(19(27)24-23-17)8-10-6-7-11(21)9-14(10)22/h2-9,23H,1H3,(H,24,27)/b13-8-,17-16+. The fourth-order valence-electron chi connectivity index (χ4n) is 3.16. The van der Waals surface area contributed by atoms with Crippen LogP contribution in [0.15, 0.2) is 47.3 Å². The minimum absolute atomic E-state index is 0.115. The van der Waals surface area contributed by atoms with E-state index in [0.717, 1.165) is 0 Å². The van der Waals surface area contributed by atoms with Crippen molar-refractivity contribution in [1.29, 1.82) is 0 Å². The van der Waals surface area contributed by atoms with Gasteiger partial charge in [0.05, 0.1) is 16.3 Å². The van der Waals surface area contributed by atoms with Gasteiger partial charge in [0.1, 0.15) is 5.57 Å². The fourth-order valence-corrected chi connectivity index (χ4v) is 3.63. The lowest BCUT2D eigenvalue weighted by Gasteiger charge is -2.25. The Bertz CT molecular complexity index is 1320. The van der Waals surface area contributed by atoms with E-state index in [9.17, 15) is 14.4 Å². The Morgan fingerprint density at radius 1 is 1.00 bits per heavy atom. The Labute approximate surface area is 168 Å². The number of carbonyl (C=O) groups is 2. The molecule has 140 valence electrons. The predicted octanol–water partition coefficient (Wildman–Crippen LogP) is 1.85. The summed E-state index contributed by atoms with van der Waals surface area (Å²) in [5.74, 6) is -0.957. The number of fused-ring (bicyclic) bond motifs is 1. The number of ketones is 1. The summed E-state index contributed by atoms with van der Waals surface area (Å²) in [6.45, 7) is 0. The molecule has 0 saturated heterocycles. The van der Waals surface area contributed by atoms with Crippen LogP contribution in [-0.2, 0) is 4.79 Å². The van der Waals surface area contributed by atoms with E-state index in [1.807, 2.05) is 0 Å². The molecule has 6 nitrogen and oxygen atoms in total. The molecule has 28 heavy (non-hydrogen) atoms. The first-order chi connectivity index (χ1) is 13.4. The number of Topliss-reactive ketones (excluding diaryl/α,β-unsaturated/α-hetero) is 1. The third-order valence-electron chi connectivity index (χ3n) is 4.58. The van der Waals surface area contributed by atoms with Crippen LogP contribution >= 0.6 is 23.2 Å². The number of aromatic amines is 2. The molecule has 0 spiro atoms. The molecule has 3 aromatic rings. The Balaban J connectivity index is 2.05. The van der Waals surface area contributed by atoms with Crippen LogP contribution in [0.3, 0.4) is 0 Å². The van der Waals surface area contributed by atoms with E-state index in [0.29, 0.717) is 26.9 Å². The molecule has 0 atom stereocenters. The SMILES string of the molecule is CN1C(=O)/C(=c2/[nH][nH]c(=O)/c2=C\c2ccc(Cl)cc2Cl)C(=O)c2ccccc21. The van der Waals surface area contributed by atoms with Crippen LogP contribution in [0.2, 0.25) is 10.0 Å². The molecule has 0 unspecified atom stereocenters. The van der Waals surface area contributed by atoms with Gasteiger partial charge >= 0.3 is 0 Å². The highest BCUT2D eigenvalue weighted by atomic mass is 35.5. The third kappa shape index (κ3) is 2.87. The van der Waals surface area contributed by atoms with Crippen molar-refractivity contribution in [1.82, 2.24) is 10.2 Å². The highest BCUT2D eigenvalue weighted by molar-refractivity contribution is 6.51. The van der Waals surface area contributed by atoms with Gasteiger partial charge in [-0.15, -0.1) is 0 Å². The molecule has 0 aliphatic carbocycles. The van der Waals surface area contributed by atoms with Crippen molar-refractivity contribution in [3.8, 4) is 0 Å². The van der Waals surface area contributed by atoms with Crippen LogP contribution in [0, 0.1) is 0 Å². The molecule has 0 saturated carbocycles. The Morgan fingerprint density at radius 3 is 2.50 bits per heavy atom. The van der Waals surface area contributed by atoms with Crippen molar-refractivity contribution in [2.45, 2.75) is 0 Å². The van der Waals surface area contributed by atoms with Crippen molar-refractivity contribution >= 4 is 52.2 Å². The topological polar surface area (TPSA) is 86.0 Å². The summed E-state index contributed by atoms with van der Waals surface area (Å²) in [5, 5.41) is 6.15. The fraction of sp³-hybridized carbons (Fsp3) is 0.0500. The molecule has 2 aromatic carbocycles. The number of rotatable bonds is 1. The number of benzene rings is 2. The van der Waals surface area contributed by atoms with Crippen molar-refractivity contribution < 1.29 is 9.59 Å². The largest absolute Gasteiger partial charge is 0.310 e. The van der Waals surface area contributed by atoms with Gasteiger partial charge in [-0.25, -0.2) is 0 Å². The summed E-state index contributed by atoms with van der Waals surface area (Å²) >= 11 is 12.1. The average Bonchev–Trinajstić information content (AvgIpc) is 3.03. The molecular weight excluding hydrogens is 401 g/mol. The second-order valence-corrected chi connectivity index (χ2v) is 7.11. The van der Waals surface area contributed by atoms with Crippen LogP contribution < -0.4 is 21.0 Å². The number of anilines is 1. The van der Waals surface area contributed by atoms with E-state index in [2.05, 4.69) is 10.2 Å². The van der Waals surface area contributed by atoms with Gasteiger partial charge in [0, 0.05) is 22.7 Å². The number of hydrogen-bond acceptors (Lipinski definition) is 3. The molecule has 1 aliphatic heterocycles. The molecule has 4 rings (SSSR count). The maximum absolute atomic E-state index is 13.0. The first-order valence-corrected chi connectivity index (χ1v) is 9.03. The van der Waals surface area contributed by atoms with Crippen molar-refractivity contribution in [2.24, 2.45) is 0 Å². The number of nitrogens with one attached hydrogen (secondary N) is 2. The maximum Gasteiger partial charge on any atom is 0.271 e. The summed E-state index contributed by atoms with van der Waals surface area (Å²) in [5.41, 5.74) is 0.844. The lowest BCUT2D eigenvalue weighted by molar-refractivity contribution is -0.113. The minimum atomic E-state index is -0.504. The normalized spacial score (nSPS) is 16.5. The number of halogens is 2. The average molecular weight is 414 g/mol. The van der Waals surface area contributed by atoms with Gasteiger partial charge in [-0.1, -0.05) is 41.4 Å². The van der Waals surface area contributed by atoms with Crippen LogP contribution in [-0.4, -0.2) is 28.9 Å². The predicted molar refractivity (Wildman–Crippen MR) is 108 cm³/mol. The van der Waals surface area contributed by atoms with E-state index in [1.54, 1.807) is 49.5 Å². The van der Waals surface area contributed by atoms with E-state index in [1.165, 1.54) is 11.0 Å². The van der Waals surface area contributed by atoms with E-state index in [-0.39, 0.29) is 16.1 Å². The molecule has 2 N–H and O–H groups in total. The molecule has 2 heterocycles. The van der Waals surface area contributed by atoms with Crippen LogP contribution in [0.5, 0.6) is 0 Å². The van der Waals surface area contributed by atoms with E-state index >= 15 is 0 Å². The summed E-state index contributed by atoms with van der Waals surface area (Å²) < 4.78 is 0. The number of carbonyl (C=O) groups excluding carboxylic acids is 2. The molecule has 0 fully saturated rings. The van der Waals surface area contributed by atoms with Crippen molar-refractivity contribution in [2.75, 3.05) is 11.9 Å². The van der Waals surface area contributed by atoms with Gasteiger partial charge in [-0.05, 0) is 35.9 Å². The molecule has 1 amide bonds. The third-order valence-corrected chi connectivity index (χ3v) is 5.15. The summed E-state index contributed by atoms with van der Waals surface area (Å²) in [6, 6.07) is 11.6. The molecule has 0 radical (unpaired) electrons. The number of aromatic nitrogens is 2. The first-order valence-electron chi connectivity index (χ1n) is 8.28. The van der Waals surface area contributed by atoms with Crippen molar-refractivity contribution in [3.63, 3.8) is 0 Å². The van der Waals surface area contributed by atoms with Gasteiger partial charge in [-0.3, -0.25) is 24.6 Å². The zero-order chi connectivity index (χ0) is 20.0. The number of para-hydroxylation sites is 1. The van der Waals surface area contributed by atoms with Crippen LogP contribution in [0.25, 0.3) is 11.6 Å². The lowest BCUT2D eigenvalue weighted by Crippen LogP contribution is -2.44. The number of H-pyrrole nitrogens is 2. The zero-order valence-electron chi connectivity index (χ0n) is 14.5. The molecule has 0 bridgehead atoms. The van der Waals surface area contributed by atoms with Gasteiger partial charge in [0.25, 0.3) is 11.5 Å². The molecule has 8 heteroatoms. The van der Waals surface area contributed by atoms with Crippen LogP contribution in [0.1, 0.15) is 15.9 Å². The smallest absolute Gasteiger partial charge is 0.271 e. The summed E-state index contributed by atoms with van der Waals surface area (Å²) in [6.07, 6.45) is 1.51. The Hall–Kier alpha value is -3.09. The van der Waals surface area contributed by atoms with Gasteiger partial charge < -0.3 is 4.90 Å². The van der Waals surface area contributed by atoms with Gasteiger partial charge in [-0.2, -0.15) is 0 Å². The highest BCUT2D eigenvalue weighted by Crippen LogP contribution is 2.28. The highest BCUT2D eigenvalue weighted by Gasteiger charge is 2.33. The van der Waals surface area contributed by atoms with E-state index < -0.39 is 17.2 Å². The summed E-state index contributed by atoms with van der Waals surface area (Å²) in [7, 11) is 1.58. The van der Waals surface area contributed by atoms with Crippen molar-refractivity contribution in [3.05, 3.63) is 84.6 Å². The molecular formula is C20H13Cl2N3O3. The van der Waals surface area contributed by atoms with Gasteiger partial charge in [0.2, 0.25) is 5.78 Å². The number of nitrogens with zero attached hydrogens (tertiary/aromatic N) is 1. The Kier molecular flexibility index (Phi) is 4.45. The monoisotopic (exact) mass is 413 g/mol. The van der Waals surface area contributed by atoms with E-state index in [4.69, 9.17) is 23.2 Å². The minimum Gasteiger partial charge on any atom is -0.310 e. The van der Waals surface area contributed by atoms with Gasteiger partial charge in [0.15, 0.2) is 0 Å². The first kappa shape index (κ1) is 18.3. The summed E-state index contributed by atoms with van der Waals surface area (Å²) in [4.78, 5) is 39.7. The maximum atomic E-state index is 13.0. The lowest BCUT2D eigenvalue weighted by atomic mass is 9.95. The Morgan fingerprint density at radius 2 is 1.75 bits per heavy atom. The molecule has 1 aromatic heterocycles. The number of amides is 1. The number of hydrogen-bond donors (Lipinski definition) is 2. The quantitative estimate of drug-likeness (QED) is 0.638. The molecule has 1 aliphatic rings. The second kappa shape index (κ2) is 6.82.